The van der Waals surface area contributed by atoms with Gasteiger partial charge in [0, 0.05) is 29.4 Å². The fourth-order valence-electron chi connectivity index (χ4n) is 4.48. The molecule has 0 aliphatic carbocycles. The lowest BCUT2D eigenvalue weighted by Gasteiger charge is -2.16. The van der Waals surface area contributed by atoms with Crippen LogP contribution in [0.25, 0.3) is 16.2 Å². The van der Waals surface area contributed by atoms with E-state index in [1.165, 1.54) is 29.7 Å². The Hall–Kier alpha value is -2.87. The van der Waals surface area contributed by atoms with E-state index in [-0.39, 0.29) is 12.5 Å². The lowest BCUT2D eigenvalue weighted by Crippen LogP contribution is -2.18. The zero-order chi connectivity index (χ0) is 23.7. The molecule has 1 aromatic carbocycles. The maximum atomic E-state index is 11.8. The molecule has 0 bridgehead atoms. The summed E-state index contributed by atoms with van der Waals surface area (Å²) in [6, 6.07) is 13.8. The number of halogens is 1. The SMILES string of the molecule is CC(Oc1cc(-c2cnc3ccc(CN4CCCC4)cn23)sc1CC(N)=O)c1ccccc1Cl. The van der Waals surface area contributed by atoms with E-state index in [4.69, 9.17) is 22.1 Å². The van der Waals surface area contributed by atoms with E-state index >= 15 is 0 Å². The molecule has 1 fully saturated rings. The van der Waals surface area contributed by atoms with Crippen molar-refractivity contribution < 1.29 is 9.53 Å². The number of carbonyl (C=O) groups is 1. The van der Waals surface area contributed by atoms with Gasteiger partial charge in [-0.25, -0.2) is 4.98 Å². The number of primary amides is 1. The summed E-state index contributed by atoms with van der Waals surface area (Å²) < 4.78 is 8.42. The van der Waals surface area contributed by atoms with Gasteiger partial charge >= 0.3 is 0 Å². The van der Waals surface area contributed by atoms with E-state index in [9.17, 15) is 4.79 Å². The standard InChI is InChI=1S/C26H27ClN4O2S/c1-17(19-6-2-3-7-20(19)27)33-22-12-23(34-24(22)13-25(28)32)21-14-29-26-9-8-18(16-31(21)26)15-30-10-4-5-11-30/h2-3,6-9,12,14,16-17H,4-5,10-11,13,15H2,1H3,(H2,28,32). The van der Waals surface area contributed by atoms with Crippen LogP contribution in [-0.4, -0.2) is 33.3 Å². The van der Waals surface area contributed by atoms with Crippen molar-refractivity contribution in [2.45, 2.75) is 38.8 Å². The number of nitrogens with two attached hydrogens (primary N) is 1. The molecule has 1 saturated heterocycles. The van der Waals surface area contributed by atoms with Gasteiger partial charge in [0.25, 0.3) is 0 Å². The van der Waals surface area contributed by atoms with Crippen LogP contribution in [0.5, 0.6) is 5.75 Å². The number of carbonyl (C=O) groups excluding carboxylic acids is 1. The molecule has 0 saturated carbocycles. The third kappa shape index (κ3) is 4.82. The van der Waals surface area contributed by atoms with E-state index in [0.29, 0.717) is 10.8 Å². The summed E-state index contributed by atoms with van der Waals surface area (Å²) in [5, 5.41) is 0.647. The molecule has 2 N–H and O–H groups in total. The highest BCUT2D eigenvalue weighted by Crippen LogP contribution is 2.39. The molecule has 8 heteroatoms. The lowest BCUT2D eigenvalue weighted by molar-refractivity contribution is -0.117. The minimum Gasteiger partial charge on any atom is -0.485 e. The normalized spacial score (nSPS) is 15.1. The first-order valence-electron chi connectivity index (χ1n) is 11.5. The topological polar surface area (TPSA) is 72.9 Å². The van der Waals surface area contributed by atoms with Crippen LogP contribution in [0.4, 0.5) is 0 Å². The van der Waals surface area contributed by atoms with Crippen molar-refractivity contribution in [3.63, 3.8) is 0 Å². The molecular formula is C26H27ClN4O2S. The van der Waals surface area contributed by atoms with E-state index in [1.54, 1.807) is 0 Å². The molecule has 1 atom stereocenters. The number of hydrogen-bond acceptors (Lipinski definition) is 5. The highest BCUT2D eigenvalue weighted by atomic mass is 35.5. The number of benzene rings is 1. The Morgan fingerprint density at radius 2 is 2.03 bits per heavy atom. The second-order valence-corrected chi connectivity index (χ2v) is 10.3. The largest absolute Gasteiger partial charge is 0.485 e. The molecule has 4 aromatic rings. The summed E-state index contributed by atoms with van der Waals surface area (Å²) >= 11 is 7.88. The van der Waals surface area contributed by atoms with Gasteiger partial charge in [-0.2, -0.15) is 0 Å². The molecule has 1 aliphatic heterocycles. The number of nitrogens with zero attached hydrogens (tertiary/aromatic N) is 3. The fraction of sp³-hybridized carbons (Fsp3) is 0.308. The zero-order valence-corrected chi connectivity index (χ0v) is 20.6. The van der Waals surface area contributed by atoms with Gasteiger partial charge in [-0.3, -0.25) is 14.1 Å². The quantitative estimate of drug-likeness (QED) is 0.352. The third-order valence-electron chi connectivity index (χ3n) is 6.18. The smallest absolute Gasteiger partial charge is 0.222 e. The number of rotatable bonds is 8. The van der Waals surface area contributed by atoms with Crippen molar-refractivity contribution in [2.75, 3.05) is 13.1 Å². The van der Waals surface area contributed by atoms with Crippen LogP contribution in [0.1, 0.15) is 41.9 Å². The van der Waals surface area contributed by atoms with Gasteiger partial charge in [0.1, 0.15) is 17.5 Å². The van der Waals surface area contributed by atoms with E-state index in [0.717, 1.165) is 46.3 Å². The van der Waals surface area contributed by atoms with Crippen LogP contribution < -0.4 is 10.5 Å². The van der Waals surface area contributed by atoms with Crippen molar-refractivity contribution in [1.29, 1.82) is 0 Å². The molecule has 3 aromatic heterocycles. The molecule has 4 heterocycles. The first-order chi connectivity index (χ1) is 16.5. The Labute approximate surface area is 207 Å². The number of imidazole rings is 1. The second-order valence-electron chi connectivity index (χ2n) is 8.72. The van der Waals surface area contributed by atoms with Crippen LogP contribution in [0.3, 0.4) is 0 Å². The number of likely N-dealkylation sites (tertiary alicyclic amines) is 1. The van der Waals surface area contributed by atoms with Crippen LogP contribution in [0.15, 0.2) is 54.9 Å². The molecule has 1 amide bonds. The zero-order valence-electron chi connectivity index (χ0n) is 19.0. The maximum Gasteiger partial charge on any atom is 0.222 e. The van der Waals surface area contributed by atoms with Gasteiger partial charge in [-0.1, -0.05) is 35.9 Å². The molecule has 34 heavy (non-hydrogen) atoms. The summed E-state index contributed by atoms with van der Waals surface area (Å²) in [6.45, 7) is 5.20. The molecule has 1 unspecified atom stereocenters. The van der Waals surface area contributed by atoms with Crippen LogP contribution in [0.2, 0.25) is 5.02 Å². The summed E-state index contributed by atoms with van der Waals surface area (Å²) in [5.74, 6) is 0.254. The maximum absolute atomic E-state index is 11.8. The van der Waals surface area contributed by atoms with Gasteiger partial charge in [-0.05, 0) is 50.6 Å². The van der Waals surface area contributed by atoms with Gasteiger partial charge < -0.3 is 10.5 Å². The minimum atomic E-state index is -0.394. The molecule has 1 aliphatic rings. The van der Waals surface area contributed by atoms with Crippen molar-refractivity contribution in [3.8, 4) is 16.3 Å². The molecule has 0 spiro atoms. The Kier molecular flexibility index (Phi) is 6.59. The van der Waals surface area contributed by atoms with Gasteiger partial charge in [-0.15, -0.1) is 11.3 Å². The number of amides is 1. The predicted octanol–water partition coefficient (Wildman–Crippen LogP) is 5.48. The third-order valence-corrected chi connectivity index (χ3v) is 7.66. The minimum absolute atomic E-state index is 0.117. The summed E-state index contributed by atoms with van der Waals surface area (Å²) in [4.78, 5) is 20.6. The monoisotopic (exact) mass is 494 g/mol. The highest BCUT2D eigenvalue weighted by molar-refractivity contribution is 7.15. The number of ether oxygens (including phenoxy) is 1. The van der Waals surface area contributed by atoms with Crippen LogP contribution in [0, 0.1) is 0 Å². The molecule has 0 radical (unpaired) electrons. The average molecular weight is 495 g/mol. The van der Waals surface area contributed by atoms with E-state index < -0.39 is 5.91 Å². The van der Waals surface area contributed by atoms with Crippen molar-refractivity contribution in [2.24, 2.45) is 5.73 Å². The summed E-state index contributed by atoms with van der Waals surface area (Å²) in [6.07, 6.45) is 6.41. The first-order valence-corrected chi connectivity index (χ1v) is 12.7. The summed E-state index contributed by atoms with van der Waals surface area (Å²) in [5.41, 5.74) is 9.55. The molecular weight excluding hydrogens is 468 g/mol. The number of fused-ring (bicyclic) bond motifs is 1. The average Bonchev–Trinajstić information content (AvgIpc) is 3.54. The number of thiophene rings is 1. The Bertz CT molecular complexity index is 1330. The van der Waals surface area contributed by atoms with E-state index in [2.05, 4.69) is 32.6 Å². The number of hydrogen-bond donors (Lipinski definition) is 1. The van der Waals surface area contributed by atoms with Gasteiger partial charge in [0.2, 0.25) is 5.91 Å². The van der Waals surface area contributed by atoms with E-state index in [1.807, 2.05) is 43.5 Å². The second kappa shape index (κ2) is 9.78. The van der Waals surface area contributed by atoms with Gasteiger partial charge in [0.05, 0.1) is 28.1 Å². The molecule has 6 nitrogen and oxygen atoms in total. The number of pyridine rings is 1. The highest BCUT2D eigenvalue weighted by Gasteiger charge is 2.20. The van der Waals surface area contributed by atoms with Crippen LogP contribution >= 0.6 is 22.9 Å². The lowest BCUT2D eigenvalue weighted by atomic mass is 10.1. The van der Waals surface area contributed by atoms with Crippen molar-refractivity contribution in [1.82, 2.24) is 14.3 Å². The van der Waals surface area contributed by atoms with Crippen molar-refractivity contribution >= 4 is 34.5 Å². The first kappa shape index (κ1) is 22.9. The van der Waals surface area contributed by atoms with Crippen LogP contribution in [-0.2, 0) is 17.8 Å². The fourth-order valence-corrected chi connectivity index (χ4v) is 5.88. The molecule has 5 rings (SSSR count). The predicted molar refractivity (Wildman–Crippen MR) is 136 cm³/mol. The Morgan fingerprint density at radius 3 is 2.79 bits per heavy atom. The Morgan fingerprint density at radius 1 is 1.24 bits per heavy atom. The molecule has 176 valence electrons. The Balaban J connectivity index is 1.48. The summed E-state index contributed by atoms with van der Waals surface area (Å²) in [7, 11) is 0. The number of aromatic nitrogens is 2. The van der Waals surface area contributed by atoms with Crippen molar-refractivity contribution in [3.05, 3.63) is 75.9 Å². The van der Waals surface area contributed by atoms with Gasteiger partial charge in [0.15, 0.2) is 0 Å².